The van der Waals surface area contributed by atoms with Gasteiger partial charge in [-0.25, -0.2) is 14.8 Å². The fourth-order valence-electron chi connectivity index (χ4n) is 1.38. The zero-order valence-corrected chi connectivity index (χ0v) is 10.9. The number of esters is 2. The van der Waals surface area contributed by atoms with E-state index in [1.165, 1.54) is 0 Å². The first-order valence-corrected chi connectivity index (χ1v) is 5.88. The van der Waals surface area contributed by atoms with E-state index in [1.807, 2.05) is 0 Å². The van der Waals surface area contributed by atoms with Crippen LogP contribution in [0.25, 0.3) is 0 Å². The normalized spacial score (nSPS) is 20.0. The van der Waals surface area contributed by atoms with Crippen LogP contribution in [0.5, 0.6) is 0 Å². The van der Waals surface area contributed by atoms with Gasteiger partial charge in [0.1, 0.15) is 0 Å². The summed E-state index contributed by atoms with van der Waals surface area (Å²) in [7, 11) is 0. The van der Waals surface area contributed by atoms with Gasteiger partial charge in [-0.2, -0.15) is 26.3 Å². The smallest absolute Gasteiger partial charge is 0.425 e. The molecule has 0 spiro atoms. The van der Waals surface area contributed by atoms with Gasteiger partial charge in [0.25, 0.3) is 0 Å². The van der Waals surface area contributed by atoms with Crippen LogP contribution in [0.1, 0.15) is 6.42 Å². The Labute approximate surface area is 121 Å². The van der Waals surface area contributed by atoms with Crippen molar-refractivity contribution < 1.29 is 60.0 Å². The Morgan fingerprint density at radius 2 is 1.77 bits per heavy atom. The summed E-state index contributed by atoms with van der Waals surface area (Å²) in [6.45, 7) is -0.328. The van der Waals surface area contributed by atoms with Crippen molar-refractivity contribution in [3.8, 4) is 0 Å². The third-order valence-electron chi connectivity index (χ3n) is 2.41. The van der Waals surface area contributed by atoms with Gasteiger partial charge in [0.2, 0.25) is 6.10 Å². The molecule has 0 aliphatic carbocycles. The van der Waals surface area contributed by atoms with Gasteiger partial charge in [-0.05, 0) is 0 Å². The third-order valence-corrected chi connectivity index (χ3v) is 3.42. The lowest BCUT2D eigenvalue weighted by atomic mass is 10.1. The Morgan fingerprint density at radius 1 is 1.23 bits per heavy atom. The van der Waals surface area contributed by atoms with Gasteiger partial charge in [0, 0.05) is 6.42 Å². The number of alkyl halides is 6. The van der Waals surface area contributed by atoms with Gasteiger partial charge in [0.15, 0.2) is 0 Å². The molecule has 1 fully saturated rings. The highest BCUT2D eigenvalue weighted by molar-refractivity contribution is 7.96. The molecule has 1 N–H and O–H groups in total. The summed E-state index contributed by atoms with van der Waals surface area (Å²) in [6.07, 6.45) is -14.8. The molecule has 0 amide bonds. The van der Waals surface area contributed by atoms with Gasteiger partial charge in [-0.15, -0.1) is 4.33 Å². The molecule has 128 valence electrons. The third kappa shape index (κ3) is 3.39. The van der Waals surface area contributed by atoms with Crippen LogP contribution < -0.4 is 0 Å². The van der Waals surface area contributed by atoms with Gasteiger partial charge >= 0.3 is 29.0 Å². The lowest BCUT2D eigenvalue weighted by Gasteiger charge is -2.32. The minimum Gasteiger partial charge on any atom is -0.463 e. The number of hydrogen-bond donors (Lipinski definition) is 1. The summed E-state index contributed by atoms with van der Waals surface area (Å²) < 4.78 is 83.2. The zero-order chi connectivity index (χ0) is 17.2. The highest BCUT2D eigenvalue weighted by atomic mass is 32.2. The summed E-state index contributed by atoms with van der Waals surface area (Å²) in [6, 6.07) is 0. The van der Waals surface area contributed by atoms with Crippen LogP contribution in [0.3, 0.4) is 0 Å². The van der Waals surface area contributed by atoms with Crippen LogP contribution in [0.2, 0.25) is 0 Å². The second-order valence-corrected chi connectivity index (χ2v) is 4.67. The molecule has 0 aromatic carbocycles. The van der Waals surface area contributed by atoms with Gasteiger partial charge in [0.05, 0.1) is 18.6 Å². The lowest BCUT2D eigenvalue weighted by Crippen LogP contribution is -2.61. The molecule has 1 aliphatic rings. The van der Waals surface area contributed by atoms with Crippen molar-refractivity contribution in [2.75, 3.05) is 6.61 Å². The van der Waals surface area contributed by atoms with Crippen molar-refractivity contribution in [2.45, 2.75) is 29.6 Å². The Hall–Kier alpha value is -1.25. The molecule has 0 aromatic rings. The predicted octanol–water partition coefficient (Wildman–Crippen LogP) is 1.78. The average Bonchev–Trinajstić information content (AvgIpc) is 2.72. The first kappa shape index (κ1) is 18.8. The van der Waals surface area contributed by atoms with Crippen LogP contribution >= 0.6 is 12.0 Å². The van der Waals surface area contributed by atoms with E-state index in [0.717, 1.165) is 0 Å². The summed E-state index contributed by atoms with van der Waals surface area (Å²) in [4.78, 5) is 22.4. The van der Waals surface area contributed by atoms with Gasteiger partial charge in [-0.3, -0.25) is 0 Å². The number of hydrogen-bond acceptors (Lipinski definition) is 8. The van der Waals surface area contributed by atoms with Crippen molar-refractivity contribution in [3.63, 3.8) is 0 Å². The maximum atomic E-state index is 12.8. The zero-order valence-electron chi connectivity index (χ0n) is 10.1. The Balaban J connectivity index is 3.17. The topological polar surface area (TPSA) is 91.3 Å². The Kier molecular flexibility index (Phi) is 5.53. The predicted molar refractivity (Wildman–Crippen MR) is 52.7 cm³/mol. The van der Waals surface area contributed by atoms with Crippen molar-refractivity contribution in [3.05, 3.63) is 0 Å². The van der Waals surface area contributed by atoms with E-state index in [9.17, 15) is 35.9 Å². The summed E-state index contributed by atoms with van der Waals surface area (Å²) in [5.74, 6) is -4.14. The van der Waals surface area contributed by atoms with E-state index in [0.29, 0.717) is 0 Å². The van der Waals surface area contributed by atoms with Crippen LogP contribution in [0.4, 0.5) is 26.3 Å². The molecule has 0 radical (unpaired) electrons. The fraction of sp³-hybridized carbons (Fsp3) is 0.750. The van der Waals surface area contributed by atoms with E-state index >= 15 is 0 Å². The molecule has 14 heteroatoms. The second-order valence-electron chi connectivity index (χ2n) is 3.75. The van der Waals surface area contributed by atoms with Crippen molar-refractivity contribution in [1.29, 1.82) is 0 Å². The number of cyclic esters (lactones) is 1. The molecule has 1 heterocycles. The summed E-state index contributed by atoms with van der Waals surface area (Å²) in [5.41, 5.74) is 0. The maximum Gasteiger partial charge on any atom is 0.425 e. The lowest BCUT2D eigenvalue weighted by molar-refractivity contribution is -0.434. The number of carbonyl (C=O) groups is 2. The number of ether oxygens (including phenoxy) is 2. The van der Waals surface area contributed by atoms with E-state index in [2.05, 4.69) is 18.8 Å². The number of carbonyl (C=O) groups excluding carboxylic acids is 2. The molecule has 1 aliphatic heterocycles. The molecular weight excluding hydrogens is 354 g/mol. The Morgan fingerprint density at radius 3 is 2.14 bits per heavy atom. The molecule has 0 saturated carbocycles. The maximum absolute atomic E-state index is 12.8. The first-order valence-electron chi connectivity index (χ1n) is 5.14. The number of rotatable bonds is 5. The molecule has 1 unspecified atom stereocenters. The van der Waals surface area contributed by atoms with E-state index in [-0.39, 0.29) is 6.61 Å². The highest BCUT2D eigenvalue weighted by Gasteiger charge is 2.79. The second kappa shape index (κ2) is 6.47. The monoisotopic (exact) mass is 360 g/mol. The summed E-state index contributed by atoms with van der Waals surface area (Å²) >= 11 is -1.57. The average molecular weight is 360 g/mol. The van der Waals surface area contributed by atoms with Crippen LogP contribution in [0, 0.1) is 0 Å². The molecule has 22 heavy (non-hydrogen) atoms. The minimum atomic E-state index is -6.24. The van der Waals surface area contributed by atoms with Gasteiger partial charge in [-0.1, -0.05) is 5.04 Å². The van der Waals surface area contributed by atoms with E-state index < -0.39 is 53.6 Å². The van der Waals surface area contributed by atoms with E-state index in [1.54, 1.807) is 0 Å². The largest absolute Gasteiger partial charge is 0.463 e. The summed E-state index contributed by atoms with van der Waals surface area (Å²) in [5, 5.41) is 10.5. The van der Waals surface area contributed by atoms with Crippen molar-refractivity contribution in [2.24, 2.45) is 0 Å². The molecule has 0 bridgehead atoms. The fourth-order valence-corrected chi connectivity index (χ4v) is 1.82. The molecular formula is C8H6F6O7S. The molecule has 0 aromatic heterocycles. The van der Waals surface area contributed by atoms with Crippen molar-refractivity contribution >= 4 is 24.0 Å². The standard InChI is InChI=1S/C8H6F6O7S/c9-7(10,11)6(8(12,13)14,22-21-20-17)5(16)19-3-1-2-18-4(3)15/h3,17H,1-2H2. The van der Waals surface area contributed by atoms with Crippen LogP contribution in [-0.2, 0) is 28.4 Å². The Bertz CT molecular complexity index is 422. The molecule has 1 saturated heterocycles. The SMILES string of the molecule is O=C1OCCC1OC(=O)C(SOOO)(C(F)(F)F)C(F)(F)F. The first-order chi connectivity index (χ1) is 9.97. The quantitative estimate of drug-likeness (QED) is 0.261. The highest BCUT2D eigenvalue weighted by Crippen LogP contribution is 2.53. The van der Waals surface area contributed by atoms with E-state index in [4.69, 9.17) is 5.26 Å². The molecule has 1 atom stereocenters. The molecule has 7 nitrogen and oxygen atoms in total. The molecule has 1 rings (SSSR count). The van der Waals surface area contributed by atoms with Crippen LogP contribution in [-0.4, -0.2) is 47.0 Å². The van der Waals surface area contributed by atoms with Crippen LogP contribution in [0.15, 0.2) is 0 Å². The van der Waals surface area contributed by atoms with Gasteiger partial charge < -0.3 is 9.47 Å². The minimum absolute atomic E-state index is 0.328. The van der Waals surface area contributed by atoms with Crippen molar-refractivity contribution in [1.82, 2.24) is 0 Å². The number of halogens is 6.